The van der Waals surface area contributed by atoms with E-state index in [0.717, 1.165) is 32.6 Å². The van der Waals surface area contributed by atoms with Crippen molar-refractivity contribution in [3.05, 3.63) is 108 Å². The summed E-state index contributed by atoms with van der Waals surface area (Å²) in [4.78, 5) is 5.03. The summed E-state index contributed by atoms with van der Waals surface area (Å²) in [5.74, 6) is 0. The van der Waals surface area contributed by atoms with Crippen LogP contribution in [0, 0.1) is 0 Å². The van der Waals surface area contributed by atoms with E-state index in [1.54, 1.807) is 0 Å². The van der Waals surface area contributed by atoms with Gasteiger partial charge in [-0.05, 0) is 23.1 Å². The van der Waals surface area contributed by atoms with Crippen LogP contribution in [0.4, 0.5) is 0 Å². The molecule has 0 aliphatic carbocycles. The van der Waals surface area contributed by atoms with Gasteiger partial charge in [0.2, 0.25) is 0 Å². The van der Waals surface area contributed by atoms with Gasteiger partial charge in [-0.25, -0.2) is 0 Å². The second-order valence-electron chi connectivity index (χ2n) is 8.02. The summed E-state index contributed by atoms with van der Waals surface area (Å²) in [6.07, 6.45) is 1.00. The zero-order chi connectivity index (χ0) is 19.9. The van der Waals surface area contributed by atoms with Crippen LogP contribution < -0.4 is 0 Å². The Labute approximate surface area is 174 Å². The molecule has 0 amide bonds. The lowest BCUT2D eigenvalue weighted by Gasteiger charge is -2.29. The minimum atomic E-state index is 0.216. The number of aliphatic hydroxyl groups is 1. The summed E-state index contributed by atoms with van der Waals surface area (Å²) in [5, 5.41) is 10.0. The Morgan fingerprint density at radius 1 is 0.724 bits per heavy atom. The molecule has 0 unspecified atom stereocenters. The Bertz CT molecular complexity index is 812. The highest BCUT2D eigenvalue weighted by molar-refractivity contribution is 5.18. The SMILES string of the molecule is OC[C@@H]1C[C@H](N(Cc2ccccc2)Cc2ccccc2)CN1Cc1ccccc1. The van der Waals surface area contributed by atoms with E-state index in [4.69, 9.17) is 0 Å². The monoisotopic (exact) mass is 386 g/mol. The smallest absolute Gasteiger partial charge is 0.0587 e. The van der Waals surface area contributed by atoms with Crippen LogP contribution in [0.1, 0.15) is 23.1 Å². The molecule has 0 radical (unpaired) electrons. The molecule has 3 aromatic rings. The van der Waals surface area contributed by atoms with Gasteiger partial charge in [0.15, 0.2) is 0 Å². The molecule has 150 valence electrons. The minimum Gasteiger partial charge on any atom is -0.395 e. The largest absolute Gasteiger partial charge is 0.395 e. The molecule has 1 aliphatic heterocycles. The average Bonchev–Trinajstić information content (AvgIpc) is 3.18. The van der Waals surface area contributed by atoms with Gasteiger partial charge in [-0.1, -0.05) is 91.0 Å². The maximum Gasteiger partial charge on any atom is 0.0587 e. The highest BCUT2D eigenvalue weighted by Gasteiger charge is 2.34. The predicted octanol–water partition coefficient (Wildman–Crippen LogP) is 4.32. The number of benzene rings is 3. The molecule has 3 heteroatoms. The molecule has 0 bridgehead atoms. The van der Waals surface area contributed by atoms with Gasteiger partial charge in [-0.15, -0.1) is 0 Å². The van der Waals surface area contributed by atoms with Crippen molar-refractivity contribution in [1.29, 1.82) is 0 Å². The van der Waals surface area contributed by atoms with E-state index in [1.807, 2.05) is 0 Å². The summed E-state index contributed by atoms with van der Waals surface area (Å²) >= 11 is 0. The third kappa shape index (κ3) is 5.33. The van der Waals surface area contributed by atoms with Gasteiger partial charge in [0.1, 0.15) is 0 Å². The number of aliphatic hydroxyl groups excluding tert-OH is 1. The highest BCUT2D eigenvalue weighted by atomic mass is 16.3. The van der Waals surface area contributed by atoms with Gasteiger partial charge in [-0.2, -0.15) is 0 Å². The quantitative estimate of drug-likeness (QED) is 0.624. The summed E-state index contributed by atoms with van der Waals surface area (Å²) in [7, 11) is 0. The van der Waals surface area contributed by atoms with Crippen molar-refractivity contribution >= 4 is 0 Å². The van der Waals surface area contributed by atoms with Crippen LogP contribution in [0.25, 0.3) is 0 Å². The fourth-order valence-corrected chi connectivity index (χ4v) is 4.37. The summed E-state index contributed by atoms with van der Waals surface area (Å²) in [6.45, 7) is 3.95. The van der Waals surface area contributed by atoms with Crippen LogP contribution in [0.2, 0.25) is 0 Å². The molecular weight excluding hydrogens is 356 g/mol. The van der Waals surface area contributed by atoms with E-state index >= 15 is 0 Å². The van der Waals surface area contributed by atoms with E-state index in [2.05, 4.69) is 101 Å². The molecule has 1 N–H and O–H groups in total. The standard InChI is InChI=1S/C26H30N2O/c29-21-26-16-25(20-28(26)19-24-14-8-3-9-15-24)27(17-22-10-4-1-5-11-22)18-23-12-6-2-7-13-23/h1-15,25-26,29H,16-21H2/t25-,26-/m0/s1. The molecule has 2 atom stereocenters. The maximum absolute atomic E-state index is 10.0. The lowest BCUT2D eigenvalue weighted by Crippen LogP contribution is -2.37. The molecule has 1 heterocycles. The Morgan fingerprint density at radius 3 is 1.69 bits per heavy atom. The van der Waals surface area contributed by atoms with Gasteiger partial charge >= 0.3 is 0 Å². The third-order valence-electron chi connectivity index (χ3n) is 5.92. The molecule has 0 saturated carbocycles. The van der Waals surface area contributed by atoms with Gasteiger partial charge < -0.3 is 5.11 Å². The van der Waals surface area contributed by atoms with E-state index < -0.39 is 0 Å². The molecule has 0 spiro atoms. The number of hydrogen-bond donors (Lipinski definition) is 1. The predicted molar refractivity (Wildman–Crippen MR) is 118 cm³/mol. The molecule has 3 nitrogen and oxygen atoms in total. The Kier molecular flexibility index (Phi) is 6.73. The fourth-order valence-electron chi connectivity index (χ4n) is 4.37. The van der Waals surface area contributed by atoms with E-state index in [1.165, 1.54) is 16.7 Å². The zero-order valence-electron chi connectivity index (χ0n) is 16.9. The normalized spacial score (nSPS) is 19.7. The van der Waals surface area contributed by atoms with Gasteiger partial charge in [0.05, 0.1) is 6.61 Å². The van der Waals surface area contributed by atoms with Crippen LogP contribution in [-0.4, -0.2) is 40.1 Å². The molecule has 4 rings (SSSR count). The van der Waals surface area contributed by atoms with Crippen molar-refractivity contribution in [2.45, 2.75) is 38.1 Å². The summed E-state index contributed by atoms with van der Waals surface area (Å²) < 4.78 is 0. The summed E-state index contributed by atoms with van der Waals surface area (Å²) in [6, 6.07) is 32.7. The number of likely N-dealkylation sites (tertiary alicyclic amines) is 1. The summed E-state index contributed by atoms with van der Waals surface area (Å²) in [5.41, 5.74) is 3.99. The lowest BCUT2D eigenvalue weighted by atomic mass is 10.1. The van der Waals surface area contributed by atoms with E-state index in [9.17, 15) is 5.11 Å². The Balaban J connectivity index is 1.51. The van der Waals surface area contributed by atoms with Gasteiger partial charge in [-0.3, -0.25) is 9.80 Å². The molecule has 29 heavy (non-hydrogen) atoms. The fraction of sp³-hybridized carbons (Fsp3) is 0.308. The van der Waals surface area contributed by atoms with Gasteiger partial charge in [0.25, 0.3) is 0 Å². The molecule has 1 fully saturated rings. The first-order valence-corrected chi connectivity index (χ1v) is 10.5. The number of hydrogen-bond acceptors (Lipinski definition) is 3. The number of rotatable bonds is 8. The van der Waals surface area contributed by atoms with Crippen LogP contribution in [0.3, 0.4) is 0 Å². The molecule has 1 aliphatic rings. The first kappa shape index (κ1) is 19.8. The molecular formula is C26H30N2O. The van der Waals surface area contributed by atoms with Crippen LogP contribution in [0.15, 0.2) is 91.0 Å². The molecule has 3 aromatic carbocycles. The second kappa shape index (κ2) is 9.84. The minimum absolute atomic E-state index is 0.216. The average molecular weight is 387 g/mol. The first-order chi connectivity index (χ1) is 14.3. The van der Waals surface area contributed by atoms with Crippen molar-refractivity contribution in [1.82, 2.24) is 9.80 Å². The maximum atomic E-state index is 10.0. The Morgan fingerprint density at radius 2 is 1.21 bits per heavy atom. The number of nitrogens with zero attached hydrogens (tertiary/aromatic N) is 2. The first-order valence-electron chi connectivity index (χ1n) is 10.5. The zero-order valence-corrected chi connectivity index (χ0v) is 16.9. The Hall–Kier alpha value is -2.46. The topological polar surface area (TPSA) is 26.7 Å². The van der Waals surface area contributed by atoms with E-state index in [0.29, 0.717) is 6.04 Å². The van der Waals surface area contributed by atoms with Gasteiger partial charge in [0, 0.05) is 38.3 Å². The van der Waals surface area contributed by atoms with Crippen LogP contribution in [-0.2, 0) is 19.6 Å². The lowest BCUT2D eigenvalue weighted by molar-refractivity contribution is 0.150. The second-order valence-corrected chi connectivity index (χ2v) is 8.02. The molecule has 0 aromatic heterocycles. The van der Waals surface area contributed by atoms with Crippen LogP contribution >= 0.6 is 0 Å². The molecule has 1 saturated heterocycles. The third-order valence-corrected chi connectivity index (χ3v) is 5.92. The van der Waals surface area contributed by atoms with E-state index in [-0.39, 0.29) is 12.6 Å². The van der Waals surface area contributed by atoms with Crippen molar-refractivity contribution in [3.63, 3.8) is 0 Å². The van der Waals surface area contributed by atoms with Crippen molar-refractivity contribution in [2.75, 3.05) is 13.2 Å². The van der Waals surface area contributed by atoms with Crippen molar-refractivity contribution in [2.24, 2.45) is 0 Å². The van der Waals surface area contributed by atoms with Crippen molar-refractivity contribution in [3.8, 4) is 0 Å². The van der Waals surface area contributed by atoms with Crippen LogP contribution in [0.5, 0.6) is 0 Å². The highest BCUT2D eigenvalue weighted by Crippen LogP contribution is 2.26. The van der Waals surface area contributed by atoms with Crippen molar-refractivity contribution < 1.29 is 5.11 Å².